The molecule has 3 amide bonds. The first-order chi connectivity index (χ1) is 13.1. The molecule has 7 nitrogen and oxygen atoms in total. The summed E-state index contributed by atoms with van der Waals surface area (Å²) in [5.41, 5.74) is 2.84. The van der Waals surface area contributed by atoms with Crippen molar-refractivity contribution in [3.63, 3.8) is 0 Å². The minimum atomic E-state index is -0.546. The van der Waals surface area contributed by atoms with Crippen LogP contribution in [0.3, 0.4) is 0 Å². The highest BCUT2D eigenvalue weighted by atomic mass is 16.2. The first-order valence-electron chi connectivity index (χ1n) is 9.83. The van der Waals surface area contributed by atoms with Gasteiger partial charge in [-0.3, -0.25) is 24.6 Å². The fourth-order valence-corrected chi connectivity index (χ4v) is 5.04. The first-order valence-corrected chi connectivity index (χ1v) is 9.83. The van der Waals surface area contributed by atoms with Gasteiger partial charge in [-0.25, -0.2) is 0 Å². The van der Waals surface area contributed by atoms with Crippen LogP contribution >= 0.6 is 0 Å². The van der Waals surface area contributed by atoms with Crippen LogP contribution in [-0.2, 0) is 22.7 Å². The van der Waals surface area contributed by atoms with Crippen molar-refractivity contribution in [1.29, 1.82) is 0 Å². The number of rotatable bonds is 3. The number of piperidine rings is 1. The van der Waals surface area contributed by atoms with Gasteiger partial charge in [-0.1, -0.05) is 12.1 Å². The summed E-state index contributed by atoms with van der Waals surface area (Å²) in [6.45, 7) is 3.41. The molecule has 3 fully saturated rings. The number of carbonyl (C=O) groups excluding carboxylic acids is 3. The van der Waals surface area contributed by atoms with Crippen LogP contribution in [0, 0.1) is 0 Å². The fourth-order valence-electron chi connectivity index (χ4n) is 5.04. The molecule has 4 aliphatic rings. The molecule has 0 aromatic heterocycles. The summed E-state index contributed by atoms with van der Waals surface area (Å²) in [7, 11) is 0. The number of piperazine rings is 1. The van der Waals surface area contributed by atoms with Crippen molar-refractivity contribution in [3.8, 4) is 0 Å². The zero-order valence-electron chi connectivity index (χ0n) is 15.2. The van der Waals surface area contributed by atoms with Crippen LogP contribution in [0.25, 0.3) is 0 Å². The third-order valence-electron chi connectivity index (χ3n) is 6.49. The molecule has 3 unspecified atom stereocenters. The van der Waals surface area contributed by atoms with Crippen LogP contribution < -0.4 is 10.6 Å². The smallest absolute Gasteiger partial charge is 0.255 e. The minimum Gasteiger partial charge on any atom is -0.322 e. The molecule has 3 saturated heterocycles. The number of benzene rings is 1. The highest BCUT2D eigenvalue weighted by Crippen LogP contribution is 2.31. The van der Waals surface area contributed by atoms with Crippen molar-refractivity contribution in [2.75, 3.05) is 13.1 Å². The van der Waals surface area contributed by atoms with E-state index in [2.05, 4.69) is 21.6 Å². The van der Waals surface area contributed by atoms with Crippen LogP contribution in [0.4, 0.5) is 0 Å². The monoisotopic (exact) mass is 368 g/mol. The molecular weight excluding hydrogens is 344 g/mol. The Labute approximate surface area is 158 Å². The number of hydrogen-bond donors (Lipinski definition) is 2. The Hall–Kier alpha value is -2.25. The van der Waals surface area contributed by atoms with Crippen molar-refractivity contribution in [1.82, 2.24) is 20.4 Å². The zero-order valence-corrected chi connectivity index (χ0v) is 15.2. The van der Waals surface area contributed by atoms with E-state index in [0.29, 0.717) is 30.6 Å². The topological polar surface area (TPSA) is 81.8 Å². The molecule has 0 spiro atoms. The molecule has 0 saturated carbocycles. The van der Waals surface area contributed by atoms with Gasteiger partial charge in [0.1, 0.15) is 6.04 Å². The molecule has 142 valence electrons. The Kier molecular flexibility index (Phi) is 4.02. The summed E-state index contributed by atoms with van der Waals surface area (Å²) in [5.74, 6) is -0.706. The third-order valence-corrected chi connectivity index (χ3v) is 6.49. The SMILES string of the molecule is O=C1CCC(N2Cc3ccc(CN4C5CCC4CNC5)cc3C2=O)C(=O)N1. The van der Waals surface area contributed by atoms with E-state index in [-0.39, 0.29) is 24.1 Å². The van der Waals surface area contributed by atoms with E-state index in [1.54, 1.807) is 4.90 Å². The molecule has 2 N–H and O–H groups in total. The Morgan fingerprint density at radius 1 is 1.04 bits per heavy atom. The number of nitrogens with one attached hydrogen (secondary N) is 2. The molecule has 5 rings (SSSR count). The normalized spacial score (nSPS) is 30.6. The van der Waals surface area contributed by atoms with Crippen molar-refractivity contribution in [2.45, 2.75) is 56.9 Å². The Morgan fingerprint density at radius 3 is 2.56 bits per heavy atom. The maximum Gasteiger partial charge on any atom is 0.255 e. The van der Waals surface area contributed by atoms with E-state index in [9.17, 15) is 14.4 Å². The van der Waals surface area contributed by atoms with Gasteiger partial charge in [-0.2, -0.15) is 0 Å². The second kappa shape index (κ2) is 6.42. The Bertz CT molecular complexity index is 807. The van der Waals surface area contributed by atoms with Gasteiger partial charge in [0.25, 0.3) is 5.91 Å². The van der Waals surface area contributed by atoms with Gasteiger partial charge in [0.15, 0.2) is 0 Å². The molecule has 1 aromatic rings. The standard InChI is InChI=1S/C20H24N4O3/c25-18-6-5-17(19(26)22-18)24-11-13-2-1-12(7-16(13)20(24)27)10-23-14-3-4-15(23)9-21-8-14/h1-2,7,14-15,17,21H,3-6,8-11H2,(H,22,25,26). The number of carbonyl (C=O) groups is 3. The summed E-state index contributed by atoms with van der Waals surface area (Å²) < 4.78 is 0. The summed E-state index contributed by atoms with van der Waals surface area (Å²) in [5, 5.41) is 5.85. The molecular formula is C20H24N4O3. The van der Waals surface area contributed by atoms with Crippen molar-refractivity contribution in [3.05, 3.63) is 34.9 Å². The lowest BCUT2D eigenvalue weighted by atomic mass is 10.0. The van der Waals surface area contributed by atoms with Crippen LogP contribution in [0.1, 0.15) is 47.2 Å². The van der Waals surface area contributed by atoms with Gasteiger partial charge in [0.05, 0.1) is 0 Å². The number of nitrogens with zero attached hydrogens (tertiary/aromatic N) is 2. The molecule has 1 aromatic carbocycles. The van der Waals surface area contributed by atoms with Crippen LogP contribution in [0.15, 0.2) is 18.2 Å². The summed E-state index contributed by atoms with van der Waals surface area (Å²) in [6, 6.07) is 6.78. The van der Waals surface area contributed by atoms with E-state index >= 15 is 0 Å². The van der Waals surface area contributed by atoms with E-state index in [0.717, 1.165) is 30.8 Å². The van der Waals surface area contributed by atoms with E-state index in [1.165, 1.54) is 12.8 Å². The average Bonchev–Trinajstić information content (AvgIpc) is 3.06. The van der Waals surface area contributed by atoms with Gasteiger partial charge in [-0.15, -0.1) is 0 Å². The van der Waals surface area contributed by atoms with Crippen LogP contribution in [0.2, 0.25) is 0 Å². The molecule has 27 heavy (non-hydrogen) atoms. The van der Waals surface area contributed by atoms with Crippen molar-refractivity contribution >= 4 is 17.7 Å². The van der Waals surface area contributed by atoms with Gasteiger partial charge in [0, 0.05) is 50.2 Å². The Morgan fingerprint density at radius 2 is 1.81 bits per heavy atom. The molecule has 3 atom stereocenters. The van der Waals surface area contributed by atoms with Gasteiger partial charge < -0.3 is 10.2 Å². The number of fused-ring (bicyclic) bond motifs is 3. The molecule has 4 heterocycles. The molecule has 4 aliphatic heterocycles. The number of hydrogen-bond acceptors (Lipinski definition) is 5. The molecule has 2 bridgehead atoms. The van der Waals surface area contributed by atoms with Gasteiger partial charge in [0.2, 0.25) is 11.8 Å². The average molecular weight is 368 g/mol. The summed E-state index contributed by atoms with van der Waals surface area (Å²) in [4.78, 5) is 40.7. The quantitative estimate of drug-likeness (QED) is 0.754. The predicted molar refractivity (Wildman–Crippen MR) is 97.7 cm³/mol. The maximum atomic E-state index is 12.9. The maximum absolute atomic E-state index is 12.9. The molecule has 0 radical (unpaired) electrons. The molecule has 7 heteroatoms. The number of amides is 3. The predicted octanol–water partition coefficient (Wildman–Crippen LogP) is 0.384. The van der Waals surface area contributed by atoms with E-state index in [1.807, 2.05) is 12.1 Å². The largest absolute Gasteiger partial charge is 0.322 e. The minimum absolute atomic E-state index is 0.0929. The molecule has 0 aliphatic carbocycles. The highest BCUT2D eigenvalue weighted by molar-refractivity contribution is 6.05. The Balaban J connectivity index is 1.34. The second-order valence-corrected chi connectivity index (χ2v) is 8.11. The van der Waals surface area contributed by atoms with Crippen molar-refractivity contribution < 1.29 is 14.4 Å². The van der Waals surface area contributed by atoms with Crippen LogP contribution in [0.5, 0.6) is 0 Å². The van der Waals surface area contributed by atoms with Crippen LogP contribution in [-0.4, -0.2) is 58.7 Å². The third kappa shape index (κ3) is 2.85. The summed E-state index contributed by atoms with van der Waals surface area (Å²) >= 11 is 0. The van der Waals surface area contributed by atoms with Gasteiger partial charge in [-0.05, 0) is 36.5 Å². The van der Waals surface area contributed by atoms with Crippen molar-refractivity contribution in [2.24, 2.45) is 0 Å². The lowest BCUT2D eigenvalue weighted by Crippen LogP contribution is -2.52. The highest BCUT2D eigenvalue weighted by Gasteiger charge is 2.40. The second-order valence-electron chi connectivity index (χ2n) is 8.11. The van der Waals surface area contributed by atoms with Gasteiger partial charge >= 0.3 is 0 Å². The van der Waals surface area contributed by atoms with E-state index in [4.69, 9.17) is 0 Å². The fraction of sp³-hybridized carbons (Fsp3) is 0.550. The number of imide groups is 1. The lowest BCUT2D eigenvalue weighted by molar-refractivity contribution is -0.136. The lowest BCUT2D eigenvalue weighted by Gasteiger charge is -2.35. The van der Waals surface area contributed by atoms with E-state index < -0.39 is 6.04 Å². The summed E-state index contributed by atoms with van der Waals surface area (Å²) in [6.07, 6.45) is 3.17. The first kappa shape index (κ1) is 16.9. The zero-order chi connectivity index (χ0) is 18.5.